The normalized spacial score (nSPS) is 33.0. The molecule has 5 heteroatoms. The summed E-state index contributed by atoms with van der Waals surface area (Å²) in [5.74, 6) is 0. The Morgan fingerprint density at radius 3 is 2.30 bits per heavy atom. The molecule has 1 unspecified atom stereocenters. The molecule has 0 amide bonds. The van der Waals surface area contributed by atoms with E-state index in [1.165, 1.54) is 11.0 Å². The molecule has 0 N–H and O–H groups in total. The molecule has 2 fully saturated rings. The molecule has 20 heavy (non-hydrogen) atoms. The van der Waals surface area contributed by atoms with Crippen molar-refractivity contribution in [2.45, 2.75) is 64.3 Å². The first-order valence-corrected chi connectivity index (χ1v) is 7.67. The van der Waals surface area contributed by atoms with E-state index in [9.17, 15) is 0 Å². The van der Waals surface area contributed by atoms with Crippen molar-refractivity contribution in [1.29, 1.82) is 0 Å². The summed E-state index contributed by atoms with van der Waals surface area (Å²) in [5.41, 5.74) is 2.09. The molecule has 0 aromatic rings. The molecule has 112 valence electrons. The van der Waals surface area contributed by atoms with Crippen molar-refractivity contribution in [2.24, 2.45) is 0 Å². The fourth-order valence-corrected chi connectivity index (χ4v) is 3.10. The zero-order valence-corrected chi connectivity index (χ0v) is 13.0. The van der Waals surface area contributed by atoms with E-state index >= 15 is 0 Å². The Morgan fingerprint density at radius 2 is 1.70 bits per heavy atom. The summed E-state index contributed by atoms with van der Waals surface area (Å²) in [4.78, 5) is 0. The molecule has 2 saturated heterocycles. The third kappa shape index (κ3) is 2.45. The van der Waals surface area contributed by atoms with Gasteiger partial charge in [0.15, 0.2) is 0 Å². The van der Waals surface area contributed by atoms with Crippen LogP contribution in [0.4, 0.5) is 0 Å². The molecule has 2 aliphatic heterocycles. The number of ether oxygens (including phenoxy) is 2. The van der Waals surface area contributed by atoms with Gasteiger partial charge in [0.2, 0.25) is 0 Å². The third-order valence-electron chi connectivity index (χ3n) is 5.05. The summed E-state index contributed by atoms with van der Waals surface area (Å²) in [6.45, 7) is 10.5. The maximum atomic E-state index is 6.19. The van der Waals surface area contributed by atoms with Gasteiger partial charge in [-0.05, 0) is 58.0 Å². The quantitative estimate of drug-likeness (QED) is 0.728. The smallest absolute Gasteiger partial charge is 0.400 e. The van der Waals surface area contributed by atoms with Crippen molar-refractivity contribution in [2.75, 3.05) is 19.8 Å². The molecule has 0 spiro atoms. The maximum absolute atomic E-state index is 6.19. The van der Waals surface area contributed by atoms with Gasteiger partial charge in [-0.2, -0.15) is 0 Å². The lowest BCUT2D eigenvalue weighted by molar-refractivity contribution is -0.0730. The lowest BCUT2D eigenvalue weighted by atomic mass is 9.75. The number of hydrogen-bond acceptors (Lipinski definition) is 4. The van der Waals surface area contributed by atoms with E-state index in [1.807, 2.05) is 0 Å². The van der Waals surface area contributed by atoms with Crippen molar-refractivity contribution in [3.05, 3.63) is 11.0 Å². The van der Waals surface area contributed by atoms with E-state index in [4.69, 9.17) is 18.8 Å². The second kappa shape index (κ2) is 5.13. The van der Waals surface area contributed by atoms with Crippen LogP contribution in [0.25, 0.3) is 0 Å². The summed E-state index contributed by atoms with van der Waals surface area (Å²) in [7, 11) is -0.219. The molecular formula is C15H25BO4. The molecule has 1 aliphatic carbocycles. The number of allylic oxidation sites excluding steroid dienone is 1. The molecule has 3 rings (SSSR count). The predicted octanol–water partition coefficient (Wildman–Crippen LogP) is 2.51. The van der Waals surface area contributed by atoms with Crippen molar-refractivity contribution < 1.29 is 18.8 Å². The van der Waals surface area contributed by atoms with Crippen LogP contribution < -0.4 is 0 Å². The Balaban J connectivity index is 1.81. The first-order valence-electron chi connectivity index (χ1n) is 7.67. The Bertz CT molecular complexity index is 394. The average molecular weight is 280 g/mol. The standard InChI is InChI=1S/C15H25BO4/c1-14(2)15(3,4)20-16(19-14)12-7-5-6-11(12)13-10-17-8-9-18-13/h13H,5-10H2,1-4H3. The largest absolute Gasteiger partial charge is 0.490 e. The van der Waals surface area contributed by atoms with Crippen LogP contribution in [0.15, 0.2) is 11.0 Å². The first-order chi connectivity index (χ1) is 9.41. The van der Waals surface area contributed by atoms with E-state index in [0.29, 0.717) is 19.8 Å². The summed E-state index contributed by atoms with van der Waals surface area (Å²) < 4.78 is 23.8. The zero-order valence-electron chi connectivity index (χ0n) is 13.0. The highest BCUT2D eigenvalue weighted by atomic mass is 16.7. The van der Waals surface area contributed by atoms with Crippen LogP contribution in [0.5, 0.6) is 0 Å². The van der Waals surface area contributed by atoms with Crippen molar-refractivity contribution in [3.8, 4) is 0 Å². The fourth-order valence-electron chi connectivity index (χ4n) is 3.10. The van der Waals surface area contributed by atoms with Crippen LogP contribution in [-0.2, 0) is 18.8 Å². The average Bonchev–Trinajstić information content (AvgIpc) is 2.94. The van der Waals surface area contributed by atoms with Crippen molar-refractivity contribution in [3.63, 3.8) is 0 Å². The second-order valence-corrected chi connectivity index (χ2v) is 6.93. The number of rotatable bonds is 2. The monoisotopic (exact) mass is 280 g/mol. The summed E-state index contributed by atoms with van der Waals surface area (Å²) in [6, 6.07) is 0. The Labute approximate surface area is 121 Å². The Morgan fingerprint density at radius 1 is 1.00 bits per heavy atom. The molecule has 1 atom stereocenters. The van der Waals surface area contributed by atoms with Gasteiger partial charge >= 0.3 is 7.12 Å². The van der Waals surface area contributed by atoms with E-state index < -0.39 is 0 Å². The van der Waals surface area contributed by atoms with E-state index in [1.54, 1.807) is 0 Å². The van der Waals surface area contributed by atoms with E-state index in [2.05, 4.69) is 27.7 Å². The highest BCUT2D eigenvalue weighted by Gasteiger charge is 2.53. The second-order valence-electron chi connectivity index (χ2n) is 6.93. The first kappa shape index (κ1) is 14.6. The molecule has 2 heterocycles. The van der Waals surface area contributed by atoms with E-state index in [0.717, 1.165) is 19.3 Å². The molecule has 3 aliphatic rings. The van der Waals surface area contributed by atoms with Gasteiger partial charge in [-0.3, -0.25) is 0 Å². The van der Waals surface area contributed by atoms with E-state index in [-0.39, 0.29) is 24.4 Å². The third-order valence-corrected chi connectivity index (χ3v) is 5.05. The minimum atomic E-state index is -0.276. The Kier molecular flexibility index (Phi) is 3.74. The van der Waals surface area contributed by atoms with Gasteiger partial charge < -0.3 is 18.8 Å². The van der Waals surface area contributed by atoms with Gasteiger partial charge in [-0.15, -0.1) is 0 Å². The van der Waals surface area contributed by atoms with Gasteiger partial charge in [0.05, 0.1) is 31.0 Å². The van der Waals surface area contributed by atoms with Crippen LogP contribution in [0.2, 0.25) is 0 Å². The topological polar surface area (TPSA) is 36.9 Å². The highest BCUT2D eigenvalue weighted by Crippen LogP contribution is 2.42. The fraction of sp³-hybridized carbons (Fsp3) is 0.867. The lowest BCUT2D eigenvalue weighted by Crippen LogP contribution is -2.41. The Hall–Kier alpha value is -0.355. The zero-order chi connectivity index (χ0) is 14.4. The SMILES string of the molecule is CC1(C)OB(C2=C(C3COCCO3)CCC2)OC1(C)C. The van der Waals surface area contributed by atoms with Crippen LogP contribution in [0.3, 0.4) is 0 Å². The maximum Gasteiger partial charge on any atom is 0.490 e. The molecule has 0 aromatic heterocycles. The van der Waals surface area contributed by atoms with Gasteiger partial charge in [0.1, 0.15) is 6.10 Å². The van der Waals surface area contributed by atoms with Crippen molar-refractivity contribution >= 4 is 7.12 Å². The molecule has 0 bridgehead atoms. The number of hydrogen-bond donors (Lipinski definition) is 0. The molecule has 4 nitrogen and oxygen atoms in total. The summed E-state index contributed by atoms with van der Waals surface area (Å²) in [6.07, 6.45) is 3.38. The van der Waals surface area contributed by atoms with Crippen molar-refractivity contribution in [1.82, 2.24) is 0 Å². The van der Waals surface area contributed by atoms with Gasteiger partial charge in [-0.1, -0.05) is 0 Å². The predicted molar refractivity (Wildman–Crippen MR) is 77.5 cm³/mol. The van der Waals surface area contributed by atoms with Gasteiger partial charge in [0.25, 0.3) is 0 Å². The van der Waals surface area contributed by atoms with Gasteiger partial charge in [0, 0.05) is 0 Å². The summed E-state index contributed by atoms with van der Waals surface area (Å²) >= 11 is 0. The molecule has 0 aromatic carbocycles. The van der Waals surface area contributed by atoms with Crippen LogP contribution in [-0.4, -0.2) is 44.2 Å². The molecule has 0 saturated carbocycles. The lowest BCUT2D eigenvalue weighted by Gasteiger charge is -2.32. The van der Waals surface area contributed by atoms with Crippen LogP contribution >= 0.6 is 0 Å². The minimum Gasteiger partial charge on any atom is -0.400 e. The van der Waals surface area contributed by atoms with Crippen LogP contribution in [0.1, 0.15) is 47.0 Å². The minimum absolute atomic E-state index is 0.0975. The molecule has 0 radical (unpaired) electrons. The summed E-state index contributed by atoms with van der Waals surface area (Å²) in [5, 5.41) is 0. The highest BCUT2D eigenvalue weighted by molar-refractivity contribution is 6.55. The van der Waals surface area contributed by atoms with Gasteiger partial charge in [-0.25, -0.2) is 0 Å². The van der Waals surface area contributed by atoms with Crippen LogP contribution in [0, 0.1) is 0 Å². The molecular weight excluding hydrogens is 255 g/mol.